The Morgan fingerprint density at radius 1 is 1.30 bits per heavy atom. The SMILES string of the molecule is C[C@@H](NCc1ccc(F)c(C#N)c1)c1cccc(O)c1. The molecule has 102 valence electrons. The fraction of sp³-hybridized carbons (Fsp3) is 0.188. The van der Waals surface area contributed by atoms with E-state index in [2.05, 4.69) is 5.32 Å². The van der Waals surface area contributed by atoms with Gasteiger partial charge in [0, 0.05) is 12.6 Å². The van der Waals surface area contributed by atoms with Gasteiger partial charge in [0.05, 0.1) is 5.56 Å². The lowest BCUT2D eigenvalue weighted by Crippen LogP contribution is -2.18. The molecule has 0 aliphatic carbocycles. The average molecular weight is 270 g/mol. The molecule has 0 heterocycles. The molecule has 0 amide bonds. The summed E-state index contributed by atoms with van der Waals surface area (Å²) in [4.78, 5) is 0. The highest BCUT2D eigenvalue weighted by molar-refractivity contribution is 5.34. The van der Waals surface area contributed by atoms with Crippen molar-refractivity contribution < 1.29 is 9.50 Å². The Hall–Kier alpha value is -2.38. The molecule has 0 aliphatic heterocycles. The van der Waals surface area contributed by atoms with Gasteiger partial charge in [-0.15, -0.1) is 0 Å². The summed E-state index contributed by atoms with van der Waals surface area (Å²) in [6.45, 7) is 2.50. The van der Waals surface area contributed by atoms with Crippen LogP contribution in [0.3, 0.4) is 0 Å². The van der Waals surface area contributed by atoms with Crippen LogP contribution in [-0.4, -0.2) is 5.11 Å². The largest absolute Gasteiger partial charge is 0.508 e. The molecule has 0 saturated heterocycles. The van der Waals surface area contributed by atoms with E-state index in [0.29, 0.717) is 6.54 Å². The van der Waals surface area contributed by atoms with Gasteiger partial charge in [-0.1, -0.05) is 18.2 Å². The second-order valence-corrected chi connectivity index (χ2v) is 4.62. The smallest absolute Gasteiger partial charge is 0.140 e. The zero-order valence-electron chi connectivity index (χ0n) is 11.1. The van der Waals surface area contributed by atoms with Crippen LogP contribution in [0.4, 0.5) is 4.39 Å². The van der Waals surface area contributed by atoms with Crippen molar-refractivity contribution in [1.82, 2.24) is 5.32 Å². The van der Waals surface area contributed by atoms with E-state index >= 15 is 0 Å². The third kappa shape index (κ3) is 3.34. The molecule has 2 rings (SSSR count). The Labute approximate surface area is 117 Å². The monoisotopic (exact) mass is 270 g/mol. The van der Waals surface area contributed by atoms with Crippen LogP contribution in [0, 0.1) is 17.1 Å². The Balaban J connectivity index is 2.04. The third-order valence-corrected chi connectivity index (χ3v) is 3.13. The van der Waals surface area contributed by atoms with Gasteiger partial charge in [0.1, 0.15) is 17.6 Å². The quantitative estimate of drug-likeness (QED) is 0.896. The number of halogens is 1. The molecular weight excluding hydrogens is 255 g/mol. The molecule has 0 fully saturated rings. The molecule has 2 aromatic rings. The number of nitriles is 1. The van der Waals surface area contributed by atoms with Gasteiger partial charge in [0.25, 0.3) is 0 Å². The highest BCUT2D eigenvalue weighted by Crippen LogP contribution is 2.18. The molecule has 4 heteroatoms. The van der Waals surface area contributed by atoms with Crippen molar-refractivity contribution in [2.24, 2.45) is 0 Å². The fourth-order valence-electron chi connectivity index (χ4n) is 1.95. The number of phenolic OH excluding ortho intramolecular Hbond substituents is 1. The molecule has 0 radical (unpaired) electrons. The van der Waals surface area contributed by atoms with E-state index in [4.69, 9.17) is 5.26 Å². The van der Waals surface area contributed by atoms with Gasteiger partial charge in [-0.2, -0.15) is 5.26 Å². The van der Waals surface area contributed by atoms with Crippen molar-refractivity contribution in [3.05, 3.63) is 65.0 Å². The number of hydrogen-bond donors (Lipinski definition) is 2. The zero-order valence-corrected chi connectivity index (χ0v) is 11.1. The van der Waals surface area contributed by atoms with Crippen molar-refractivity contribution in [3.8, 4) is 11.8 Å². The van der Waals surface area contributed by atoms with E-state index < -0.39 is 5.82 Å². The first kappa shape index (κ1) is 14.0. The van der Waals surface area contributed by atoms with Gasteiger partial charge in [-0.25, -0.2) is 4.39 Å². The van der Waals surface area contributed by atoms with Gasteiger partial charge in [0.15, 0.2) is 0 Å². The number of phenols is 1. The van der Waals surface area contributed by atoms with Crippen molar-refractivity contribution in [1.29, 1.82) is 5.26 Å². The van der Waals surface area contributed by atoms with E-state index in [-0.39, 0.29) is 17.4 Å². The molecule has 0 saturated carbocycles. The molecular formula is C16H15FN2O. The second kappa shape index (κ2) is 6.18. The van der Waals surface area contributed by atoms with E-state index in [1.165, 1.54) is 12.1 Å². The number of rotatable bonds is 4. The molecule has 0 unspecified atom stereocenters. The first-order valence-electron chi connectivity index (χ1n) is 6.31. The molecule has 20 heavy (non-hydrogen) atoms. The van der Waals surface area contributed by atoms with Crippen molar-refractivity contribution in [3.63, 3.8) is 0 Å². The number of nitrogens with one attached hydrogen (secondary N) is 1. The summed E-state index contributed by atoms with van der Waals surface area (Å²) in [5, 5.41) is 21.5. The molecule has 0 aromatic heterocycles. The molecule has 0 spiro atoms. The van der Waals surface area contributed by atoms with Gasteiger partial charge < -0.3 is 10.4 Å². The van der Waals surface area contributed by atoms with Crippen molar-refractivity contribution in [2.45, 2.75) is 19.5 Å². The van der Waals surface area contributed by atoms with Gasteiger partial charge >= 0.3 is 0 Å². The lowest BCUT2D eigenvalue weighted by atomic mass is 10.1. The highest BCUT2D eigenvalue weighted by atomic mass is 19.1. The predicted octanol–water partition coefficient (Wildman–Crippen LogP) is 3.25. The van der Waals surface area contributed by atoms with Crippen LogP contribution in [0.1, 0.15) is 29.7 Å². The van der Waals surface area contributed by atoms with Gasteiger partial charge in [-0.05, 0) is 42.3 Å². The summed E-state index contributed by atoms with van der Waals surface area (Å²) in [6, 6.07) is 13.4. The standard InChI is InChI=1S/C16H15FN2O/c1-11(13-3-2-4-15(20)8-13)19-10-12-5-6-16(17)14(7-12)9-18/h2-8,11,19-20H,10H2,1H3/t11-/m1/s1. The normalized spacial score (nSPS) is 11.8. The number of hydrogen-bond acceptors (Lipinski definition) is 3. The highest BCUT2D eigenvalue weighted by Gasteiger charge is 2.07. The summed E-state index contributed by atoms with van der Waals surface area (Å²) in [5.74, 6) is -0.276. The molecule has 3 nitrogen and oxygen atoms in total. The second-order valence-electron chi connectivity index (χ2n) is 4.62. The third-order valence-electron chi connectivity index (χ3n) is 3.13. The average Bonchev–Trinajstić information content (AvgIpc) is 2.46. The maximum atomic E-state index is 13.2. The first-order chi connectivity index (χ1) is 9.60. The van der Waals surface area contributed by atoms with Crippen LogP contribution in [0.25, 0.3) is 0 Å². The van der Waals surface area contributed by atoms with Crippen LogP contribution in [0.2, 0.25) is 0 Å². The summed E-state index contributed by atoms with van der Waals surface area (Å²) in [6.07, 6.45) is 0. The Kier molecular flexibility index (Phi) is 4.34. The maximum Gasteiger partial charge on any atom is 0.140 e. The van der Waals surface area contributed by atoms with Gasteiger partial charge in [0.2, 0.25) is 0 Å². The summed E-state index contributed by atoms with van der Waals surface area (Å²) in [5.41, 5.74) is 1.86. The minimum atomic E-state index is -0.503. The van der Waals surface area contributed by atoms with E-state index in [1.807, 2.05) is 19.1 Å². The molecule has 2 aromatic carbocycles. The summed E-state index contributed by atoms with van der Waals surface area (Å²) < 4.78 is 13.2. The lowest BCUT2D eigenvalue weighted by Gasteiger charge is -2.14. The van der Waals surface area contributed by atoms with Crippen LogP contribution in [-0.2, 0) is 6.54 Å². The topological polar surface area (TPSA) is 56.0 Å². The van der Waals surface area contributed by atoms with E-state index in [9.17, 15) is 9.50 Å². The molecule has 2 N–H and O–H groups in total. The molecule has 0 aliphatic rings. The number of benzene rings is 2. The van der Waals surface area contributed by atoms with E-state index in [1.54, 1.807) is 24.3 Å². The Morgan fingerprint density at radius 2 is 2.10 bits per heavy atom. The molecule has 0 bridgehead atoms. The van der Waals surface area contributed by atoms with Crippen LogP contribution in [0.5, 0.6) is 5.75 Å². The van der Waals surface area contributed by atoms with Crippen molar-refractivity contribution >= 4 is 0 Å². The van der Waals surface area contributed by atoms with Crippen LogP contribution < -0.4 is 5.32 Å². The fourth-order valence-corrected chi connectivity index (χ4v) is 1.95. The Morgan fingerprint density at radius 3 is 2.80 bits per heavy atom. The van der Waals surface area contributed by atoms with Crippen LogP contribution in [0.15, 0.2) is 42.5 Å². The minimum Gasteiger partial charge on any atom is -0.508 e. The lowest BCUT2D eigenvalue weighted by molar-refractivity contribution is 0.472. The number of nitrogens with zero attached hydrogens (tertiary/aromatic N) is 1. The number of aromatic hydroxyl groups is 1. The first-order valence-corrected chi connectivity index (χ1v) is 6.31. The van der Waals surface area contributed by atoms with Gasteiger partial charge in [-0.3, -0.25) is 0 Å². The predicted molar refractivity (Wildman–Crippen MR) is 74.5 cm³/mol. The summed E-state index contributed by atoms with van der Waals surface area (Å²) in [7, 11) is 0. The maximum absolute atomic E-state index is 13.2. The van der Waals surface area contributed by atoms with Crippen molar-refractivity contribution in [2.75, 3.05) is 0 Å². The van der Waals surface area contributed by atoms with Crippen LogP contribution >= 0.6 is 0 Å². The zero-order chi connectivity index (χ0) is 14.5. The molecule has 1 atom stereocenters. The summed E-state index contributed by atoms with van der Waals surface area (Å²) >= 11 is 0. The van der Waals surface area contributed by atoms with E-state index in [0.717, 1.165) is 11.1 Å². The minimum absolute atomic E-state index is 0.0395. The Bertz CT molecular complexity index is 649.